The van der Waals surface area contributed by atoms with Crippen LogP contribution in [-0.4, -0.2) is 36.3 Å². The van der Waals surface area contributed by atoms with E-state index >= 15 is 0 Å². The number of halogens is 1. The summed E-state index contributed by atoms with van der Waals surface area (Å²) < 4.78 is 0.826. The van der Waals surface area contributed by atoms with Gasteiger partial charge in [0.2, 0.25) is 0 Å². The number of aliphatic hydroxyl groups excluding tert-OH is 1. The maximum Gasteiger partial charge on any atom is 0.170 e. The third kappa shape index (κ3) is 2.86. The molecule has 1 aromatic carbocycles. The number of benzene rings is 1. The van der Waals surface area contributed by atoms with Crippen LogP contribution >= 0.6 is 15.9 Å². The Bertz CT molecular complexity index is 396. The fraction of sp³-hybridized carbons (Fsp3) is 0.300. The summed E-state index contributed by atoms with van der Waals surface area (Å²) >= 11 is 3.40. The number of amidine groups is 1. The van der Waals surface area contributed by atoms with Gasteiger partial charge in [-0.3, -0.25) is 0 Å². The lowest BCUT2D eigenvalue weighted by Crippen LogP contribution is -2.22. The molecule has 0 radical (unpaired) electrons. The topological polar surface area (TPSA) is 82.1 Å². The molecule has 0 saturated carbocycles. The minimum absolute atomic E-state index is 0.0667. The molecule has 0 atom stereocenters. The van der Waals surface area contributed by atoms with Crippen molar-refractivity contribution < 1.29 is 10.3 Å². The summed E-state index contributed by atoms with van der Waals surface area (Å²) in [4.78, 5) is 1.90. The minimum Gasteiger partial charge on any atom is -0.409 e. The Morgan fingerprint density at radius 2 is 2.25 bits per heavy atom. The molecule has 0 aliphatic carbocycles. The molecule has 0 aliphatic heterocycles. The van der Waals surface area contributed by atoms with Gasteiger partial charge in [-0.05, 0) is 34.1 Å². The first-order chi connectivity index (χ1) is 7.60. The molecule has 16 heavy (non-hydrogen) atoms. The van der Waals surface area contributed by atoms with E-state index in [0.29, 0.717) is 12.1 Å². The first-order valence-electron chi connectivity index (χ1n) is 4.69. The van der Waals surface area contributed by atoms with Crippen LogP contribution in [0, 0.1) is 0 Å². The molecule has 5 nitrogen and oxygen atoms in total. The summed E-state index contributed by atoms with van der Waals surface area (Å²) in [5.74, 6) is 0.0667. The summed E-state index contributed by atoms with van der Waals surface area (Å²) in [6.45, 7) is 0.631. The number of nitrogens with two attached hydrogens (primary N) is 1. The lowest BCUT2D eigenvalue weighted by Gasteiger charge is -2.19. The molecule has 0 bridgehead atoms. The van der Waals surface area contributed by atoms with Crippen molar-refractivity contribution in [3.8, 4) is 0 Å². The summed E-state index contributed by atoms with van der Waals surface area (Å²) in [5, 5.41) is 20.3. The second kappa shape index (κ2) is 5.72. The van der Waals surface area contributed by atoms with E-state index < -0.39 is 0 Å². The van der Waals surface area contributed by atoms with Crippen molar-refractivity contribution in [2.45, 2.75) is 0 Å². The molecule has 0 saturated heterocycles. The molecule has 0 amide bonds. The normalized spacial score (nSPS) is 11.6. The molecule has 1 rings (SSSR count). The standard InChI is InChI=1S/C10H14BrN3O2/c1-14(4-5-15)9-3-2-7(6-8(9)11)10(12)13-16/h2-3,6,15-16H,4-5H2,1H3,(H2,12,13). The van der Waals surface area contributed by atoms with Crippen molar-refractivity contribution in [1.29, 1.82) is 0 Å². The number of aliphatic hydroxyl groups is 1. The van der Waals surface area contributed by atoms with Gasteiger partial charge in [0, 0.05) is 23.6 Å². The van der Waals surface area contributed by atoms with Gasteiger partial charge in [-0.15, -0.1) is 0 Å². The van der Waals surface area contributed by atoms with E-state index in [4.69, 9.17) is 16.0 Å². The van der Waals surface area contributed by atoms with Gasteiger partial charge < -0.3 is 20.9 Å². The second-order valence-corrected chi connectivity index (χ2v) is 4.15. The van der Waals surface area contributed by atoms with Crippen LogP contribution in [0.1, 0.15) is 5.56 Å². The van der Waals surface area contributed by atoms with Crippen LogP contribution in [0.4, 0.5) is 5.69 Å². The first kappa shape index (κ1) is 12.8. The minimum atomic E-state index is 0.0667. The zero-order valence-electron chi connectivity index (χ0n) is 8.89. The lowest BCUT2D eigenvalue weighted by molar-refractivity contribution is 0.304. The molecule has 0 spiro atoms. The smallest absolute Gasteiger partial charge is 0.170 e. The lowest BCUT2D eigenvalue weighted by atomic mass is 10.2. The number of rotatable bonds is 4. The Kier molecular flexibility index (Phi) is 4.57. The van der Waals surface area contributed by atoms with Crippen LogP contribution in [0.5, 0.6) is 0 Å². The summed E-state index contributed by atoms with van der Waals surface area (Å²) in [7, 11) is 1.87. The molecule has 88 valence electrons. The number of hydrogen-bond acceptors (Lipinski definition) is 4. The van der Waals surface area contributed by atoms with E-state index in [1.165, 1.54) is 0 Å². The monoisotopic (exact) mass is 287 g/mol. The molecule has 0 aromatic heterocycles. The average Bonchev–Trinajstić information content (AvgIpc) is 2.28. The molecule has 6 heteroatoms. The van der Waals surface area contributed by atoms with Gasteiger partial charge in [-0.25, -0.2) is 0 Å². The highest BCUT2D eigenvalue weighted by Gasteiger charge is 2.07. The summed E-state index contributed by atoms with van der Waals surface area (Å²) in [6.07, 6.45) is 0. The van der Waals surface area contributed by atoms with Crippen LogP contribution in [0.3, 0.4) is 0 Å². The van der Waals surface area contributed by atoms with Crippen molar-refractivity contribution in [3.05, 3.63) is 28.2 Å². The third-order valence-corrected chi connectivity index (χ3v) is 2.83. The van der Waals surface area contributed by atoms with Crippen molar-refractivity contribution in [2.75, 3.05) is 25.1 Å². The highest BCUT2D eigenvalue weighted by Crippen LogP contribution is 2.26. The van der Waals surface area contributed by atoms with Crippen LogP contribution < -0.4 is 10.6 Å². The highest BCUT2D eigenvalue weighted by atomic mass is 79.9. The van der Waals surface area contributed by atoms with Gasteiger partial charge in [0.25, 0.3) is 0 Å². The zero-order valence-corrected chi connectivity index (χ0v) is 10.5. The highest BCUT2D eigenvalue weighted by molar-refractivity contribution is 9.10. The van der Waals surface area contributed by atoms with Crippen molar-refractivity contribution >= 4 is 27.5 Å². The Morgan fingerprint density at radius 1 is 1.56 bits per heavy atom. The van der Waals surface area contributed by atoms with Crippen LogP contribution in [0.2, 0.25) is 0 Å². The predicted octanol–water partition coefficient (Wildman–Crippen LogP) is 0.972. The van der Waals surface area contributed by atoms with E-state index in [-0.39, 0.29) is 12.4 Å². The molecule has 0 aliphatic rings. The number of hydrogen-bond donors (Lipinski definition) is 3. The van der Waals surface area contributed by atoms with Crippen LogP contribution in [0.15, 0.2) is 27.8 Å². The van der Waals surface area contributed by atoms with Crippen molar-refractivity contribution in [1.82, 2.24) is 0 Å². The largest absolute Gasteiger partial charge is 0.409 e. The van der Waals surface area contributed by atoms with Crippen LogP contribution in [0.25, 0.3) is 0 Å². The van der Waals surface area contributed by atoms with E-state index in [0.717, 1.165) is 10.2 Å². The Morgan fingerprint density at radius 3 is 2.75 bits per heavy atom. The van der Waals surface area contributed by atoms with E-state index in [1.54, 1.807) is 12.1 Å². The molecular formula is C10H14BrN3O2. The van der Waals surface area contributed by atoms with Gasteiger partial charge in [-0.2, -0.15) is 0 Å². The van der Waals surface area contributed by atoms with E-state index in [1.807, 2.05) is 18.0 Å². The Balaban J connectivity index is 3.00. The van der Waals surface area contributed by atoms with Gasteiger partial charge in [0.15, 0.2) is 5.84 Å². The van der Waals surface area contributed by atoms with Crippen molar-refractivity contribution in [2.24, 2.45) is 10.9 Å². The summed E-state index contributed by atoms with van der Waals surface area (Å²) in [5.41, 5.74) is 7.04. The molecule has 0 heterocycles. The number of nitrogens with zero attached hydrogens (tertiary/aromatic N) is 2. The predicted molar refractivity (Wildman–Crippen MR) is 67.0 cm³/mol. The average molecular weight is 288 g/mol. The maximum absolute atomic E-state index is 8.84. The Hall–Kier alpha value is -1.27. The molecule has 0 fully saturated rings. The maximum atomic E-state index is 8.84. The van der Waals surface area contributed by atoms with Crippen LogP contribution in [-0.2, 0) is 0 Å². The number of anilines is 1. The number of likely N-dealkylation sites (N-methyl/N-ethyl adjacent to an activating group) is 1. The quantitative estimate of drug-likeness (QED) is 0.334. The van der Waals surface area contributed by atoms with E-state index in [2.05, 4.69) is 21.1 Å². The van der Waals surface area contributed by atoms with Gasteiger partial charge in [0.1, 0.15) is 0 Å². The fourth-order valence-corrected chi connectivity index (χ4v) is 1.99. The van der Waals surface area contributed by atoms with Crippen molar-refractivity contribution in [3.63, 3.8) is 0 Å². The fourth-order valence-electron chi connectivity index (χ4n) is 1.30. The van der Waals surface area contributed by atoms with Gasteiger partial charge in [0.05, 0.1) is 12.3 Å². The Labute approximate surface area is 102 Å². The zero-order chi connectivity index (χ0) is 12.1. The first-order valence-corrected chi connectivity index (χ1v) is 5.49. The summed E-state index contributed by atoms with van der Waals surface area (Å²) in [6, 6.07) is 5.36. The molecule has 0 unspecified atom stereocenters. The molecule has 1 aromatic rings. The molecular weight excluding hydrogens is 274 g/mol. The van der Waals surface area contributed by atoms with Gasteiger partial charge >= 0.3 is 0 Å². The second-order valence-electron chi connectivity index (χ2n) is 3.30. The third-order valence-electron chi connectivity index (χ3n) is 2.20. The SMILES string of the molecule is CN(CCO)c1ccc(/C(N)=N/O)cc1Br. The van der Waals surface area contributed by atoms with E-state index in [9.17, 15) is 0 Å². The molecule has 4 N–H and O–H groups in total. The number of oxime groups is 1. The van der Waals surface area contributed by atoms with Gasteiger partial charge in [-0.1, -0.05) is 5.16 Å².